The molecule has 1 aliphatic carbocycles. The van der Waals surface area contributed by atoms with Crippen molar-refractivity contribution in [1.29, 1.82) is 0 Å². The molecule has 180 valence electrons. The van der Waals surface area contributed by atoms with E-state index < -0.39 is 5.92 Å². The van der Waals surface area contributed by atoms with Gasteiger partial charge in [0, 0.05) is 23.8 Å². The number of hydrogen-bond acceptors (Lipinski definition) is 2. The van der Waals surface area contributed by atoms with Crippen LogP contribution in [0.4, 0.5) is 5.69 Å². The predicted molar refractivity (Wildman–Crippen MR) is 140 cm³/mol. The monoisotopic (exact) mass is 466 g/mol. The molecule has 2 fully saturated rings. The lowest BCUT2D eigenvalue weighted by molar-refractivity contribution is -0.116. The first-order chi connectivity index (χ1) is 16.7. The fraction of sp³-hybridized carbons (Fsp3) is 0.355. The zero-order chi connectivity index (χ0) is 24.6. The highest BCUT2D eigenvalue weighted by Crippen LogP contribution is 2.52. The van der Waals surface area contributed by atoms with E-state index in [-0.39, 0.29) is 22.6 Å². The Hall–Kier alpha value is -3.40. The van der Waals surface area contributed by atoms with Crippen LogP contribution in [0, 0.1) is 10.8 Å². The van der Waals surface area contributed by atoms with Gasteiger partial charge in [-0.3, -0.25) is 9.59 Å². The van der Waals surface area contributed by atoms with Gasteiger partial charge >= 0.3 is 0 Å². The molecule has 2 bridgehead atoms. The van der Waals surface area contributed by atoms with Crippen LogP contribution in [-0.4, -0.2) is 29.3 Å². The predicted octanol–water partition coefficient (Wildman–Crippen LogP) is 6.50. The molecule has 1 saturated carbocycles. The van der Waals surface area contributed by atoms with E-state index in [4.69, 9.17) is 0 Å². The average Bonchev–Trinajstić information content (AvgIpc) is 3.09. The molecule has 0 spiro atoms. The fourth-order valence-electron chi connectivity index (χ4n) is 6.56. The van der Waals surface area contributed by atoms with Crippen molar-refractivity contribution in [2.75, 3.05) is 11.9 Å². The van der Waals surface area contributed by atoms with E-state index in [0.717, 1.165) is 36.9 Å². The first-order valence-corrected chi connectivity index (χ1v) is 12.5. The normalized spacial score (nSPS) is 22.7. The van der Waals surface area contributed by atoms with Crippen molar-refractivity contribution in [2.45, 2.75) is 52.0 Å². The van der Waals surface area contributed by atoms with Crippen LogP contribution < -0.4 is 5.32 Å². The topological polar surface area (TPSA) is 49.4 Å². The fourth-order valence-corrected chi connectivity index (χ4v) is 6.56. The number of fused-ring (bicyclic) bond motifs is 2. The number of nitrogens with zero attached hydrogens (tertiary/aromatic N) is 1. The van der Waals surface area contributed by atoms with Crippen molar-refractivity contribution in [3.8, 4) is 0 Å². The smallest absolute Gasteiger partial charge is 0.254 e. The third-order valence-corrected chi connectivity index (χ3v) is 7.60. The number of likely N-dealkylation sites (tertiary alicyclic amines) is 1. The number of anilines is 1. The van der Waals surface area contributed by atoms with Crippen molar-refractivity contribution in [1.82, 2.24) is 4.90 Å². The number of rotatable bonds is 5. The van der Waals surface area contributed by atoms with Gasteiger partial charge in [-0.25, -0.2) is 0 Å². The van der Waals surface area contributed by atoms with Gasteiger partial charge in [-0.2, -0.15) is 0 Å². The molecule has 35 heavy (non-hydrogen) atoms. The maximum atomic E-state index is 13.4. The number of carbonyl (C=O) groups is 2. The maximum absolute atomic E-state index is 13.4. The molecule has 1 heterocycles. The second-order valence-electron chi connectivity index (χ2n) is 11.5. The Morgan fingerprint density at radius 3 is 1.97 bits per heavy atom. The van der Waals surface area contributed by atoms with Crippen LogP contribution in [0.2, 0.25) is 0 Å². The van der Waals surface area contributed by atoms with Crippen LogP contribution >= 0.6 is 0 Å². The summed E-state index contributed by atoms with van der Waals surface area (Å²) in [5.41, 5.74) is 3.74. The van der Waals surface area contributed by atoms with E-state index in [1.54, 1.807) is 0 Å². The standard InChI is InChI=1S/C31H34N2O2/c1-30(2)18-26-19-31(3,20-30)21-33(26)29(35)24-14-16-25(17-15-24)32-28(34)27(22-10-6-4-7-11-22)23-12-8-5-9-13-23/h4-17,26-27H,18-21H2,1-3H3,(H,32,34)/t26-,31-/m0/s1. The highest BCUT2D eigenvalue weighted by molar-refractivity contribution is 5.99. The Kier molecular flexibility index (Phi) is 6.00. The van der Waals surface area contributed by atoms with Crippen molar-refractivity contribution in [2.24, 2.45) is 10.8 Å². The zero-order valence-electron chi connectivity index (χ0n) is 20.8. The van der Waals surface area contributed by atoms with Gasteiger partial charge in [0.2, 0.25) is 5.91 Å². The molecule has 3 aromatic rings. The molecule has 2 aliphatic rings. The van der Waals surface area contributed by atoms with Gasteiger partial charge in [-0.1, -0.05) is 81.4 Å². The molecule has 4 nitrogen and oxygen atoms in total. The number of benzene rings is 3. The zero-order valence-corrected chi connectivity index (χ0v) is 20.8. The SMILES string of the molecule is CC1(C)C[C@H]2C[C@](C)(CN2C(=O)c2ccc(NC(=O)C(c3ccccc3)c3ccccc3)cc2)C1. The van der Waals surface area contributed by atoms with Crippen LogP contribution in [-0.2, 0) is 4.79 Å². The van der Waals surface area contributed by atoms with Crippen LogP contribution in [0.5, 0.6) is 0 Å². The number of hydrogen-bond donors (Lipinski definition) is 1. The molecular weight excluding hydrogens is 432 g/mol. The molecule has 5 rings (SSSR count). The molecule has 0 unspecified atom stereocenters. The lowest BCUT2D eigenvalue weighted by Crippen LogP contribution is -2.37. The van der Waals surface area contributed by atoms with Crippen molar-refractivity contribution in [3.63, 3.8) is 0 Å². The second-order valence-corrected chi connectivity index (χ2v) is 11.5. The van der Waals surface area contributed by atoms with Crippen LogP contribution in [0.1, 0.15) is 67.4 Å². The lowest BCUT2D eigenvalue weighted by atomic mass is 9.65. The van der Waals surface area contributed by atoms with E-state index in [1.165, 1.54) is 0 Å². The Morgan fingerprint density at radius 1 is 0.829 bits per heavy atom. The van der Waals surface area contributed by atoms with Gasteiger partial charge in [-0.05, 0) is 65.5 Å². The van der Waals surface area contributed by atoms with Crippen LogP contribution in [0.15, 0.2) is 84.9 Å². The summed E-state index contributed by atoms with van der Waals surface area (Å²) in [6.07, 6.45) is 3.31. The van der Waals surface area contributed by atoms with Crippen molar-refractivity contribution < 1.29 is 9.59 Å². The van der Waals surface area contributed by atoms with Crippen molar-refractivity contribution in [3.05, 3.63) is 102 Å². The molecular formula is C31H34N2O2. The molecule has 2 amide bonds. The first-order valence-electron chi connectivity index (χ1n) is 12.5. The molecule has 0 aromatic heterocycles. The Labute approximate surface area is 208 Å². The summed E-state index contributed by atoms with van der Waals surface area (Å²) < 4.78 is 0. The Bertz CT molecular complexity index is 1160. The van der Waals surface area contributed by atoms with E-state index in [2.05, 4.69) is 31.0 Å². The van der Waals surface area contributed by atoms with Crippen LogP contribution in [0.25, 0.3) is 0 Å². The summed E-state index contributed by atoms with van der Waals surface area (Å²) >= 11 is 0. The van der Waals surface area contributed by atoms with Crippen LogP contribution in [0.3, 0.4) is 0 Å². The highest BCUT2D eigenvalue weighted by atomic mass is 16.2. The third-order valence-electron chi connectivity index (χ3n) is 7.60. The second kappa shape index (κ2) is 8.99. The lowest BCUT2D eigenvalue weighted by Gasteiger charge is -2.39. The minimum Gasteiger partial charge on any atom is -0.335 e. The molecule has 4 heteroatoms. The minimum atomic E-state index is -0.410. The van der Waals surface area contributed by atoms with Gasteiger partial charge in [-0.15, -0.1) is 0 Å². The minimum absolute atomic E-state index is 0.0926. The first kappa shape index (κ1) is 23.3. The molecule has 3 aromatic carbocycles. The summed E-state index contributed by atoms with van der Waals surface area (Å²) in [7, 11) is 0. The van der Waals surface area contributed by atoms with Crippen molar-refractivity contribution >= 4 is 17.5 Å². The third kappa shape index (κ3) is 4.88. The average molecular weight is 467 g/mol. The molecule has 2 atom stereocenters. The van der Waals surface area contributed by atoms with Gasteiger partial charge in [0.05, 0.1) is 5.92 Å². The molecule has 0 radical (unpaired) electrons. The molecule has 1 saturated heterocycles. The number of amides is 2. The summed E-state index contributed by atoms with van der Waals surface area (Å²) in [5.74, 6) is -0.405. The summed E-state index contributed by atoms with van der Waals surface area (Å²) in [6.45, 7) is 7.79. The van der Waals surface area contributed by atoms with E-state index in [0.29, 0.717) is 17.3 Å². The Morgan fingerprint density at radius 2 is 1.40 bits per heavy atom. The number of carbonyl (C=O) groups excluding carboxylic acids is 2. The van der Waals surface area contributed by atoms with E-state index in [1.807, 2.05) is 84.9 Å². The Balaban J connectivity index is 1.32. The van der Waals surface area contributed by atoms with Gasteiger partial charge in [0.15, 0.2) is 0 Å². The largest absolute Gasteiger partial charge is 0.335 e. The summed E-state index contributed by atoms with van der Waals surface area (Å²) in [6, 6.07) is 27.3. The van der Waals surface area contributed by atoms with Gasteiger partial charge in [0.1, 0.15) is 0 Å². The van der Waals surface area contributed by atoms with Gasteiger partial charge < -0.3 is 10.2 Å². The maximum Gasteiger partial charge on any atom is 0.254 e. The molecule has 1 aliphatic heterocycles. The molecule has 1 N–H and O–H groups in total. The van der Waals surface area contributed by atoms with E-state index in [9.17, 15) is 9.59 Å². The quantitative estimate of drug-likeness (QED) is 0.467. The summed E-state index contributed by atoms with van der Waals surface area (Å²) in [5, 5.41) is 3.06. The highest BCUT2D eigenvalue weighted by Gasteiger charge is 2.51. The summed E-state index contributed by atoms with van der Waals surface area (Å²) in [4.78, 5) is 28.9. The van der Waals surface area contributed by atoms with E-state index >= 15 is 0 Å². The van der Waals surface area contributed by atoms with Gasteiger partial charge in [0.25, 0.3) is 5.91 Å². The number of nitrogens with one attached hydrogen (secondary N) is 1.